The molecule has 24 heteroatoms. The molecule has 0 N–H and O–H groups in total. The minimum absolute atomic E-state index is 0.584. The van der Waals surface area contributed by atoms with E-state index in [2.05, 4.69) is 91.1 Å². The van der Waals surface area contributed by atoms with Crippen molar-refractivity contribution in [1.82, 2.24) is 93.9 Å². The molecule has 0 spiro atoms. The van der Waals surface area contributed by atoms with Crippen LogP contribution in [-0.2, 0) is 19.6 Å². The van der Waals surface area contributed by atoms with Gasteiger partial charge in [-0.1, -0.05) is 132 Å². The second-order valence-corrected chi connectivity index (χ2v) is 24.5. The molecule has 0 unspecified atom stereocenters. The summed E-state index contributed by atoms with van der Waals surface area (Å²) in [7, 11) is 6.51. The third-order valence-corrected chi connectivity index (χ3v) is 18.4. The average molecular weight is 1270 g/mol. The molecule has 0 aliphatic carbocycles. The van der Waals surface area contributed by atoms with Gasteiger partial charge in [-0.3, -0.25) is 24.7 Å². The topological polar surface area (TPSA) is 180 Å². The lowest BCUT2D eigenvalue weighted by atomic mass is 10.1. The van der Waals surface area contributed by atoms with Crippen LogP contribution in [0.5, 0.6) is 0 Å². The highest BCUT2D eigenvalue weighted by Crippen LogP contribution is 2.39. The van der Waals surface area contributed by atoms with E-state index in [4.69, 9.17) is 50.1 Å². The van der Waals surface area contributed by atoms with Crippen LogP contribution in [0.3, 0.4) is 0 Å². The van der Waals surface area contributed by atoms with Crippen LogP contribution in [0.25, 0.3) is 78.3 Å². The maximum Gasteiger partial charge on any atom is 0.184 e. The largest absolute Gasteiger partial charge is 0.307 e. The van der Waals surface area contributed by atoms with E-state index in [0.29, 0.717) is 32.1 Å². The molecule has 0 radical (unpaired) electrons. The number of aliphatic imine (C=N–C) groups is 2. The van der Waals surface area contributed by atoms with E-state index < -0.39 is 0 Å². The third-order valence-electron chi connectivity index (χ3n) is 17.3. The number of piperazine rings is 3. The molecule has 12 heterocycles. The fraction of sp³-hybridized carbons (Fsp3) is 0.348. The number of hydrogen-bond donors (Lipinski definition) is 0. The number of allylic oxidation sites excluding steroid dienone is 2. The van der Waals surface area contributed by atoms with Crippen LogP contribution in [0.2, 0.25) is 15.1 Å². The summed E-state index contributed by atoms with van der Waals surface area (Å²) in [6.07, 6.45) is 13.1. The van der Waals surface area contributed by atoms with Crippen molar-refractivity contribution < 1.29 is 0 Å². The number of likely N-dealkylation sites (N-methyl/N-ethyl adjacent to an activating group) is 3. The maximum atomic E-state index is 6.90. The van der Waals surface area contributed by atoms with Gasteiger partial charge in [-0.2, -0.15) is 15.3 Å². The summed E-state index contributed by atoms with van der Waals surface area (Å²) < 4.78 is 7.82. The van der Waals surface area contributed by atoms with Gasteiger partial charge in [0.25, 0.3) is 0 Å². The van der Waals surface area contributed by atoms with Crippen LogP contribution in [-0.4, -0.2) is 225 Å². The summed E-state index contributed by atoms with van der Waals surface area (Å²) in [5, 5.41) is 46.0. The number of fused-ring (bicyclic) bond motifs is 3. The number of aromatic nitrogens is 13. The van der Waals surface area contributed by atoms with Crippen molar-refractivity contribution in [1.29, 1.82) is 0 Å². The standard InChI is InChI=1S/3C22H24ClN7/c1-27-11-13-28(14-12-27)15-16-30-21-18(22(26-30)29-9-5-6-10-29)19(23)20(24-25-21)17-7-3-2-4-8-17;1-28-10-12-29(13-11-28)14-15-30-22-18(21(27-30)17-8-5-9-24-17)19(23)20(25-26-22)16-6-3-2-4-7-16;1-28-9-11-29(12-10-28)13-14-30-22-18(20(27-30)17-7-8-24-15-17)19(23)21(25-26-22)16-5-3-2-4-6-16/h2-10H,11-16H2,1H3;2-7,9H,8,10-15H2,1H3;2-6,8,15H,7,9-14H2,1H3. The molecule has 3 saturated heterocycles. The molecule has 7 aromatic heterocycles. The molecule has 0 saturated carbocycles. The fourth-order valence-corrected chi connectivity index (χ4v) is 12.8. The molecule has 3 fully saturated rings. The maximum absolute atomic E-state index is 6.90. The van der Waals surface area contributed by atoms with Gasteiger partial charge in [-0.05, 0) is 33.3 Å². The van der Waals surface area contributed by atoms with Crippen LogP contribution in [0, 0.1) is 0 Å². The van der Waals surface area contributed by atoms with Crippen molar-refractivity contribution in [3.63, 3.8) is 0 Å². The number of hydrogen-bond acceptors (Lipinski definition) is 17. The fourth-order valence-electron chi connectivity index (χ4n) is 11.9. The molecule has 462 valence electrons. The summed E-state index contributed by atoms with van der Waals surface area (Å²) in [6.45, 7) is 18.1. The second-order valence-electron chi connectivity index (χ2n) is 23.4. The second kappa shape index (κ2) is 28.1. The summed E-state index contributed by atoms with van der Waals surface area (Å²) in [4.78, 5) is 23.3. The Morgan fingerprint density at radius 2 is 0.800 bits per heavy atom. The van der Waals surface area contributed by atoms with Crippen molar-refractivity contribution in [2.45, 2.75) is 32.5 Å². The van der Waals surface area contributed by atoms with Gasteiger partial charge in [0.15, 0.2) is 22.8 Å². The third kappa shape index (κ3) is 13.4. The first-order valence-electron chi connectivity index (χ1n) is 30.8. The predicted octanol–water partition coefficient (Wildman–Crippen LogP) is 9.49. The van der Waals surface area contributed by atoms with Gasteiger partial charge in [0.05, 0.1) is 56.6 Å². The first-order chi connectivity index (χ1) is 44.1. The van der Waals surface area contributed by atoms with E-state index in [1.165, 1.54) is 0 Å². The first-order valence-corrected chi connectivity index (χ1v) is 32.0. The molecule has 90 heavy (non-hydrogen) atoms. The van der Waals surface area contributed by atoms with E-state index in [-0.39, 0.29) is 0 Å². The smallest absolute Gasteiger partial charge is 0.184 e. The molecule has 21 nitrogen and oxygen atoms in total. The lowest BCUT2D eigenvalue weighted by molar-refractivity contribution is 0.149. The molecule has 15 rings (SSSR count). The Balaban J connectivity index is 0.000000124. The molecule has 0 bridgehead atoms. The summed E-state index contributed by atoms with van der Waals surface area (Å²) in [5.41, 5.74) is 10.7. The highest BCUT2D eigenvalue weighted by Gasteiger charge is 2.27. The van der Waals surface area contributed by atoms with Crippen molar-refractivity contribution in [3.05, 3.63) is 160 Å². The van der Waals surface area contributed by atoms with Gasteiger partial charge in [0.1, 0.15) is 28.5 Å². The van der Waals surface area contributed by atoms with E-state index in [9.17, 15) is 0 Å². The van der Waals surface area contributed by atoms with Crippen molar-refractivity contribution in [2.24, 2.45) is 9.98 Å². The molecule has 10 aromatic rings. The molecule has 5 aliphatic rings. The zero-order valence-electron chi connectivity index (χ0n) is 50.9. The van der Waals surface area contributed by atoms with Crippen LogP contribution < -0.4 is 0 Å². The molecular weight excluding hydrogens is 1190 g/mol. The Labute approximate surface area is 538 Å². The molecule has 0 atom stereocenters. The Bertz CT molecular complexity index is 4030. The number of halogens is 3. The van der Waals surface area contributed by atoms with Crippen molar-refractivity contribution in [3.8, 4) is 39.6 Å². The molecule has 5 aliphatic heterocycles. The van der Waals surface area contributed by atoms with Gasteiger partial charge in [0.2, 0.25) is 0 Å². The summed E-state index contributed by atoms with van der Waals surface area (Å²) in [5.74, 6) is 0.783. The molecular formula is C66H72Cl3N21. The minimum atomic E-state index is 0.584. The first kappa shape index (κ1) is 60.9. The van der Waals surface area contributed by atoms with Gasteiger partial charge in [-0.25, -0.2) is 14.0 Å². The molecule has 0 amide bonds. The van der Waals surface area contributed by atoms with Crippen molar-refractivity contribution >= 4 is 85.4 Å². The van der Waals surface area contributed by atoms with E-state index >= 15 is 0 Å². The quantitative estimate of drug-likeness (QED) is 0.0946. The lowest BCUT2D eigenvalue weighted by Gasteiger charge is -2.32. The average Bonchev–Trinajstić information content (AvgIpc) is 2.56. The number of benzene rings is 3. The number of rotatable bonds is 15. The van der Waals surface area contributed by atoms with Gasteiger partial charge < -0.3 is 19.3 Å². The van der Waals surface area contributed by atoms with E-state index in [1.54, 1.807) is 0 Å². The van der Waals surface area contributed by atoms with Crippen LogP contribution >= 0.6 is 34.8 Å². The van der Waals surface area contributed by atoms with Crippen LogP contribution in [0.15, 0.2) is 144 Å². The summed E-state index contributed by atoms with van der Waals surface area (Å²) >= 11 is 20.7. The van der Waals surface area contributed by atoms with Crippen LogP contribution in [0.1, 0.15) is 24.2 Å². The predicted molar refractivity (Wildman–Crippen MR) is 360 cm³/mol. The van der Waals surface area contributed by atoms with Crippen molar-refractivity contribution in [2.75, 3.05) is 119 Å². The SMILES string of the molecule is CN1CCN(CCn2nc(-n3cccc3)c3c(Cl)c(-c4ccccc4)nnc32)CC1.CN1CCN(CCn2nc(C3=CN=CC3)c3c(Cl)c(-c4ccccc4)nnc32)CC1.CN1CCN(CCn2nc(C3=NC=CC3)c3c(Cl)c(-c4ccccc4)nnc32)CC1. The highest BCUT2D eigenvalue weighted by atomic mass is 35.5. The normalized spacial score (nSPS) is 17.1. The van der Waals surface area contributed by atoms with Gasteiger partial charge in [-0.15, -0.1) is 30.6 Å². The van der Waals surface area contributed by atoms with Crippen LogP contribution in [0.4, 0.5) is 0 Å². The van der Waals surface area contributed by atoms with E-state index in [0.717, 1.165) is 209 Å². The minimum Gasteiger partial charge on any atom is -0.307 e. The monoisotopic (exact) mass is 1260 g/mol. The van der Waals surface area contributed by atoms with Gasteiger partial charge in [0, 0.05) is 164 Å². The highest BCUT2D eigenvalue weighted by molar-refractivity contribution is 6.39. The Morgan fingerprint density at radius 3 is 1.21 bits per heavy atom. The van der Waals surface area contributed by atoms with E-state index in [1.807, 2.05) is 159 Å². The Hall–Kier alpha value is -7.96. The zero-order chi connectivity index (χ0) is 61.5. The number of nitrogens with zero attached hydrogens (tertiary/aromatic N) is 21. The summed E-state index contributed by atoms with van der Waals surface area (Å²) in [6, 6.07) is 33.7. The van der Waals surface area contributed by atoms with Gasteiger partial charge >= 0.3 is 0 Å². The Kier molecular flexibility index (Phi) is 19.0. The zero-order valence-corrected chi connectivity index (χ0v) is 53.2. The Morgan fingerprint density at radius 1 is 0.400 bits per heavy atom. The lowest BCUT2D eigenvalue weighted by Crippen LogP contribution is -2.45. The molecule has 3 aromatic carbocycles.